The van der Waals surface area contributed by atoms with Gasteiger partial charge in [-0.05, 0) is 70.5 Å². The first-order valence-corrected chi connectivity index (χ1v) is 11.9. The Morgan fingerprint density at radius 1 is 1.00 bits per heavy atom. The lowest BCUT2D eigenvalue weighted by Crippen LogP contribution is -2.54. The molecular formula is C22H40N4O5. The topological polar surface area (TPSA) is 145 Å². The highest BCUT2D eigenvalue weighted by molar-refractivity contribution is 5.88. The van der Waals surface area contributed by atoms with Crippen LogP contribution in [0.2, 0.25) is 0 Å². The maximum Gasteiger partial charge on any atom is 0.326 e. The molecule has 0 aromatic rings. The summed E-state index contributed by atoms with van der Waals surface area (Å²) in [6, 6.07) is -2.33. The number of aliphatic carboxylic acids is 2. The number of amides is 1. The largest absolute Gasteiger partial charge is 0.480 e. The Hall–Kier alpha value is -1.71. The molecular weight excluding hydrogens is 400 g/mol. The summed E-state index contributed by atoms with van der Waals surface area (Å²) in [4.78, 5) is 37.9. The van der Waals surface area contributed by atoms with Crippen LogP contribution in [0.1, 0.15) is 70.6 Å². The molecule has 31 heavy (non-hydrogen) atoms. The minimum atomic E-state index is -1.00. The molecule has 2 heterocycles. The van der Waals surface area contributed by atoms with Crippen molar-refractivity contribution in [3.8, 4) is 0 Å². The monoisotopic (exact) mass is 440 g/mol. The Bertz CT molecular complexity index is 582. The fourth-order valence-electron chi connectivity index (χ4n) is 4.73. The number of carbonyl (C=O) groups is 3. The second kappa shape index (κ2) is 13.6. The summed E-state index contributed by atoms with van der Waals surface area (Å²) in [5.41, 5.74) is 5.58. The van der Waals surface area contributed by atoms with Gasteiger partial charge in [0, 0.05) is 6.54 Å². The number of unbranched alkanes of at least 4 members (excludes halogenated alkanes) is 2. The van der Waals surface area contributed by atoms with Crippen LogP contribution in [0.15, 0.2) is 0 Å². The van der Waals surface area contributed by atoms with Crippen molar-refractivity contribution in [2.24, 2.45) is 11.7 Å². The number of nitrogens with zero attached hydrogens (tertiary/aromatic N) is 1. The summed E-state index contributed by atoms with van der Waals surface area (Å²) in [5.74, 6) is -1.55. The molecule has 2 fully saturated rings. The van der Waals surface area contributed by atoms with Gasteiger partial charge in [-0.1, -0.05) is 25.7 Å². The molecule has 2 aliphatic heterocycles. The fourth-order valence-corrected chi connectivity index (χ4v) is 4.73. The van der Waals surface area contributed by atoms with E-state index in [1.165, 1.54) is 17.7 Å². The predicted octanol–water partition coefficient (Wildman–Crippen LogP) is 1.16. The van der Waals surface area contributed by atoms with Gasteiger partial charge in [0.05, 0.1) is 6.04 Å². The molecule has 0 bridgehead atoms. The van der Waals surface area contributed by atoms with E-state index in [1.807, 2.05) is 0 Å². The summed E-state index contributed by atoms with van der Waals surface area (Å²) in [7, 11) is 0. The lowest BCUT2D eigenvalue weighted by molar-refractivity contribution is -0.149. The molecule has 3 atom stereocenters. The number of piperidine rings is 1. The number of rotatable bonds is 14. The molecule has 0 saturated carbocycles. The Labute approximate surface area is 185 Å². The summed E-state index contributed by atoms with van der Waals surface area (Å²) in [6.45, 7) is 3.02. The number of carboxylic acids is 2. The highest BCUT2D eigenvalue weighted by Gasteiger charge is 2.38. The smallest absolute Gasteiger partial charge is 0.326 e. The van der Waals surface area contributed by atoms with Crippen molar-refractivity contribution in [2.45, 2.75) is 88.8 Å². The second-order valence-corrected chi connectivity index (χ2v) is 8.90. The number of likely N-dealkylation sites (tertiary alicyclic amines) is 1. The molecule has 0 spiro atoms. The molecule has 2 rings (SSSR count). The highest BCUT2D eigenvalue weighted by atomic mass is 16.4. The van der Waals surface area contributed by atoms with E-state index in [1.54, 1.807) is 0 Å². The molecule has 178 valence electrons. The molecule has 0 unspecified atom stereocenters. The van der Waals surface area contributed by atoms with Crippen molar-refractivity contribution in [2.75, 3.05) is 26.2 Å². The number of carbonyl (C=O) groups excluding carboxylic acids is 1. The number of hydrogen-bond acceptors (Lipinski definition) is 6. The Morgan fingerprint density at radius 2 is 1.68 bits per heavy atom. The van der Waals surface area contributed by atoms with E-state index >= 15 is 0 Å². The van der Waals surface area contributed by atoms with Crippen LogP contribution < -0.4 is 16.4 Å². The zero-order valence-corrected chi connectivity index (χ0v) is 18.6. The first-order valence-electron chi connectivity index (χ1n) is 11.9. The van der Waals surface area contributed by atoms with Crippen LogP contribution in [0.3, 0.4) is 0 Å². The average molecular weight is 441 g/mol. The summed E-state index contributed by atoms with van der Waals surface area (Å²) in [6.07, 6.45) is 8.68. The SMILES string of the molecule is NCCCC[C@H](N[C@@H](CCCCC1CCNCC1)C(=O)O)C(=O)N1CCC[C@H]1C(=O)O. The van der Waals surface area contributed by atoms with Gasteiger partial charge in [0.15, 0.2) is 0 Å². The van der Waals surface area contributed by atoms with E-state index < -0.39 is 30.1 Å². The van der Waals surface area contributed by atoms with E-state index in [0.29, 0.717) is 51.1 Å². The third kappa shape index (κ3) is 8.38. The van der Waals surface area contributed by atoms with Gasteiger partial charge in [0.25, 0.3) is 0 Å². The van der Waals surface area contributed by atoms with Crippen LogP contribution in [0.5, 0.6) is 0 Å². The molecule has 0 aromatic heterocycles. The zero-order chi connectivity index (χ0) is 22.6. The average Bonchev–Trinajstić information content (AvgIpc) is 3.25. The fraction of sp³-hybridized carbons (Fsp3) is 0.864. The van der Waals surface area contributed by atoms with Crippen molar-refractivity contribution in [1.82, 2.24) is 15.5 Å². The molecule has 9 heteroatoms. The standard InChI is InChI=1S/C22H40N4O5/c23-12-4-3-7-17(20(27)26-15-5-9-19(26)22(30)31)25-18(21(28)29)8-2-1-6-16-10-13-24-14-11-16/h16-19,24-25H,1-15,23H2,(H,28,29)(H,30,31)/t17-,18-,19-/m0/s1. The Balaban J connectivity index is 1.92. The van der Waals surface area contributed by atoms with Crippen LogP contribution >= 0.6 is 0 Å². The number of carboxylic acid groups (broad SMARTS) is 2. The molecule has 0 aromatic carbocycles. The molecule has 0 aliphatic carbocycles. The Morgan fingerprint density at radius 3 is 2.32 bits per heavy atom. The van der Waals surface area contributed by atoms with Gasteiger partial charge in [0.2, 0.25) is 5.91 Å². The van der Waals surface area contributed by atoms with Gasteiger partial charge in [0.1, 0.15) is 12.1 Å². The van der Waals surface area contributed by atoms with E-state index in [4.69, 9.17) is 5.73 Å². The lowest BCUT2D eigenvalue weighted by atomic mass is 9.91. The molecule has 2 saturated heterocycles. The summed E-state index contributed by atoms with van der Waals surface area (Å²) >= 11 is 0. The first-order chi connectivity index (χ1) is 14.9. The van der Waals surface area contributed by atoms with Crippen molar-refractivity contribution in [3.05, 3.63) is 0 Å². The van der Waals surface area contributed by atoms with Crippen LogP contribution in [-0.2, 0) is 14.4 Å². The van der Waals surface area contributed by atoms with E-state index in [2.05, 4.69) is 10.6 Å². The molecule has 9 nitrogen and oxygen atoms in total. The van der Waals surface area contributed by atoms with Gasteiger partial charge in [-0.25, -0.2) is 4.79 Å². The number of nitrogens with one attached hydrogen (secondary N) is 2. The molecule has 0 radical (unpaired) electrons. The molecule has 2 aliphatic rings. The van der Waals surface area contributed by atoms with E-state index in [9.17, 15) is 24.6 Å². The van der Waals surface area contributed by atoms with Gasteiger partial charge in [-0.2, -0.15) is 0 Å². The van der Waals surface area contributed by atoms with Gasteiger partial charge < -0.3 is 26.2 Å². The van der Waals surface area contributed by atoms with Crippen LogP contribution in [0.4, 0.5) is 0 Å². The first kappa shape index (κ1) is 25.5. The lowest BCUT2D eigenvalue weighted by Gasteiger charge is -2.29. The van der Waals surface area contributed by atoms with Crippen molar-refractivity contribution < 1.29 is 24.6 Å². The van der Waals surface area contributed by atoms with Crippen molar-refractivity contribution in [3.63, 3.8) is 0 Å². The highest BCUT2D eigenvalue weighted by Crippen LogP contribution is 2.22. The third-order valence-corrected chi connectivity index (χ3v) is 6.58. The third-order valence-electron chi connectivity index (χ3n) is 6.58. The van der Waals surface area contributed by atoms with Crippen molar-refractivity contribution >= 4 is 17.8 Å². The maximum absolute atomic E-state index is 13.1. The van der Waals surface area contributed by atoms with E-state index in [-0.39, 0.29) is 5.91 Å². The van der Waals surface area contributed by atoms with Crippen LogP contribution in [-0.4, -0.2) is 77.3 Å². The van der Waals surface area contributed by atoms with Crippen LogP contribution in [0.25, 0.3) is 0 Å². The molecule has 6 N–H and O–H groups in total. The second-order valence-electron chi connectivity index (χ2n) is 8.90. The van der Waals surface area contributed by atoms with Crippen LogP contribution in [0, 0.1) is 5.92 Å². The summed E-state index contributed by atoms with van der Waals surface area (Å²) < 4.78 is 0. The minimum absolute atomic E-state index is 0.303. The normalized spacial score (nSPS) is 21.7. The zero-order valence-electron chi connectivity index (χ0n) is 18.6. The van der Waals surface area contributed by atoms with Gasteiger partial charge >= 0.3 is 11.9 Å². The summed E-state index contributed by atoms with van der Waals surface area (Å²) in [5, 5.41) is 25.5. The Kier molecular flexibility index (Phi) is 11.2. The quantitative estimate of drug-likeness (QED) is 0.253. The predicted molar refractivity (Wildman–Crippen MR) is 118 cm³/mol. The van der Waals surface area contributed by atoms with Crippen molar-refractivity contribution in [1.29, 1.82) is 0 Å². The van der Waals surface area contributed by atoms with E-state index in [0.717, 1.165) is 38.8 Å². The number of nitrogens with two attached hydrogens (primary N) is 1. The minimum Gasteiger partial charge on any atom is -0.480 e. The van der Waals surface area contributed by atoms with Gasteiger partial charge in [-0.15, -0.1) is 0 Å². The molecule has 1 amide bonds. The van der Waals surface area contributed by atoms with Gasteiger partial charge in [-0.3, -0.25) is 14.9 Å². The maximum atomic E-state index is 13.1. The number of hydrogen-bond donors (Lipinski definition) is 5.